The summed E-state index contributed by atoms with van der Waals surface area (Å²) in [5.74, 6) is 0.901. The largest absolute Gasteiger partial charge is 0.434 e. The van der Waals surface area contributed by atoms with Gasteiger partial charge in [-0.05, 0) is 18.2 Å². The Kier molecular flexibility index (Phi) is 10.7. The van der Waals surface area contributed by atoms with Crippen molar-refractivity contribution in [1.29, 1.82) is 0 Å². The van der Waals surface area contributed by atoms with Crippen LogP contribution in [0.3, 0.4) is 0 Å². The second-order valence-corrected chi connectivity index (χ2v) is 8.72. The van der Waals surface area contributed by atoms with Gasteiger partial charge in [-0.2, -0.15) is 8.78 Å². The van der Waals surface area contributed by atoms with Crippen molar-refractivity contribution in [3.63, 3.8) is 0 Å². The maximum Gasteiger partial charge on any atom is 0.387 e. The van der Waals surface area contributed by atoms with Crippen molar-refractivity contribution in [1.82, 2.24) is 15.5 Å². The number of rotatable bonds is 7. The fourth-order valence-corrected chi connectivity index (χ4v) is 4.07. The predicted octanol–water partition coefficient (Wildman–Crippen LogP) is 1.95. The maximum atomic E-state index is 12.5. The molecule has 0 amide bonds. The van der Waals surface area contributed by atoms with Gasteiger partial charge in [-0.3, -0.25) is 9.89 Å². The monoisotopic (exact) mass is 552 g/mol. The second kappa shape index (κ2) is 11.9. The Labute approximate surface area is 185 Å². The Morgan fingerprint density at radius 3 is 2.61 bits per heavy atom. The normalized spacial score (nSPS) is 17.1. The first kappa shape index (κ1) is 25.1. The topological polar surface area (TPSA) is 83.0 Å². The van der Waals surface area contributed by atoms with E-state index in [1.165, 1.54) is 12.1 Å². The summed E-state index contributed by atoms with van der Waals surface area (Å²) in [7, 11) is -1.30. The molecule has 2 N–H and O–H groups in total. The summed E-state index contributed by atoms with van der Waals surface area (Å²) in [6.07, 6.45) is 0. The highest BCUT2D eigenvalue weighted by molar-refractivity contribution is 14.0. The van der Waals surface area contributed by atoms with Crippen LogP contribution in [0, 0.1) is 0 Å². The molecule has 7 nitrogen and oxygen atoms in total. The van der Waals surface area contributed by atoms with Crippen LogP contribution in [-0.2, 0) is 16.4 Å². The zero-order valence-electron chi connectivity index (χ0n) is 15.3. The van der Waals surface area contributed by atoms with Crippen LogP contribution >= 0.6 is 35.6 Å². The van der Waals surface area contributed by atoms with E-state index in [9.17, 15) is 17.2 Å². The Morgan fingerprint density at radius 1 is 1.32 bits per heavy atom. The molecule has 0 aromatic heterocycles. The van der Waals surface area contributed by atoms with E-state index in [0.29, 0.717) is 42.7 Å². The van der Waals surface area contributed by atoms with E-state index in [-0.39, 0.29) is 47.8 Å². The minimum Gasteiger partial charge on any atom is -0.434 e. The van der Waals surface area contributed by atoms with E-state index in [4.69, 9.17) is 11.6 Å². The van der Waals surface area contributed by atoms with Gasteiger partial charge in [-0.25, -0.2) is 8.42 Å². The molecule has 0 saturated carbocycles. The average Bonchev–Trinajstić information content (AvgIpc) is 2.61. The van der Waals surface area contributed by atoms with E-state index in [1.54, 1.807) is 13.1 Å². The van der Waals surface area contributed by atoms with Crippen molar-refractivity contribution >= 4 is 51.4 Å². The first-order valence-corrected chi connectivity index (χ1v) is 10.6. The van der Waals surface area contributed by atoms with Gasteiger partial charge in [0.15, 0.2) is 15.8 Å². The molecule has 1 aromatic rings. The van der Waals surface area contributed by atoms with Gasteiger partial charge in [0.05, 0.1) is 11.5 Å². The lowest BCUT2D eigenvalue weighted by atomic mass is 10.2. The number of hydrogen-bond donors (Lipinski definition) is 2. The summed E-state index contributed by atoms with van der Waals surface area (Å²) in [6, 6.07) is 4.43. The number of ether oxygens (including phenoxy) is 1. The molecule has 12 heteroatoms. The van der Waals surface area contributed by atoms with Crippen molar-refractivity contribution in [2.24, 2.45) is 4.99 Å². The summed E-state index contributed by atoms with van der Waals surface area (Å²) in [5, 5.41) is 6.54. The zero-order valence-corrected chi connectivity index (χ0v) is 19.2. The van der Waals surface area contributed by atoms with Crippen molar-refractivity contribution in [2.45, 2.75) is 13.2 Å². The number of hydrogen-bond acceptors (Lipinski definition) is 5. The van der Waals surface area contributed by atoms with Crippen molar-refractivity contribution in [3.8, 4) is 5.75 Å². The lowest BCUT2D eigenvalue weighted by molar-refractivity contribution is -0.0504. The van der Waals surface area contributed by atoms with Gasteiger partial charge >= 0.3 is 6.61 Å². The molecule has 1 aliphatic heterocycles. The number of nitrogens with zero attached hydrogens (tertiary/aromatic N) is 2. The standard InChI is InChI=1S/C16H23ClF2N4O3S.HI/c1-20-16(21-4-5-23-6-8-27(24,25)9-7-23)22-11-12-10-13(17)2-3-14(12)26-15(18)19;/h2-3,10,15H,4-9,11H2,1H3,(H2,20,21,22);1H. The highest BCUT2D eigenvalue weighted by Gasteiger charge is 2.21. The molecule has 0 spiro atoms. The molecular weight excluding hydrogens is 529 g/mol. The summed E-state index contributed by atoms with van der Waals surface area (Å²) in [4.78, 5) is 6.14. The average molecular weight is 553 g/mol. The maximum absolute atomic E-state index is 12.5. The van der Waals surface area contributed by atoms with E-state index >= 15 is 0 Å². The summed E-state index contributed by atoms with van der Waals surface area (Å²) < 4.78 is 52.4. The number of nitrogens with one attached hydrogen (secondary N) is 2. The van der Waals surface area contributed by atoms with E-state index in [1.807, 2.05) is 0 Å². The van der Waals surface area contributed by atoms with Crippen molar-refractivity contribution < 1.29 is 21.9 Å². The van der Waals surface area contributed by atoms with Gasteiger partial charge < -0.3 is 15.4 Å². The number of halogens is 4. The number of alkyl halides is 2. The van der Waals surface area contributed by atoms with Crippen LogP contribution < -0.4 is 15.4 Å². The highest BCUT2D eigenvalue weighted by Crippen LogP contribution is 2.24. The third-order valence-corrected chi connectivity index (χ3v) is 5.91. The van der Waals surface area contributed by atoms with E-state index in [0.717, 1.165) is 0 Å². The Bertz CT molecular complexity index is 754. The lowest BCUT2D eigenvalue weighted by Gasteiger charge is -2.26. The molecule has 2 rings (SSSR count). The number of sulfone groups is 1. The molecule has 28 heavy (non-hydrogen) atoms. The number of guanidine groups is 1. The molecule has 1 aliphatic rings. The minimum absolute atomic E-state index is 0. The molecule has 1 heterocycles. The third-order valence-electron chi connectivity index (χ3n) is 4.07. The van der Waals surface area contributed by atoms with Gasteiger partial charge in [0.2, 0.25) is 0 Å². The molecule has 1 fully saturated rings. The molecule has 0 aliphatic carbocycles. The summed E-state index contributed by atoms with van der Waals surface area (Å²) in [5.41, 5.74) is 0.479. The molecule has 0 unspecified atom stereocenters. The molecule has 1 aromatic carbocycles. The Balaban J connectivity index is 0.00000392. The van der Waals surface area contributed by atoms with Gasteiger partial charge in [-0.15, -0.1) is 24.0 Å². The van der Waals surface area contributed by atoms with Gasteiger partial charge in [-0.1, -0.05) is 11.6 Å². The van der Waals surface area contributed by atoms with Crippen LogP contribution in [-0.4, -0.2) is 70.6 Å². The minimum atomic E-state index is -2.92. The van der Waals surface area contributed by atoms with Crippen LogP contribution in [0.2, 0.25) is 5.02 Å². The summed E-state index contributed by atoms with van der Waals surface area (Å²) in [6.45, 7) is -0.442. The smallest absolute Gasteiger partial charge is 0.387 e. The molecule has 1 saturated heterocycles. The zero-order chi connectivity index (χ0) is 19.9. The molecule has 0 atom stereocenters. The SMILES string of the molecule is CN=C(NCCN1CCS(=O)(=O)CC1)NCc1cc(Cl)ccc1OC(F)F.I. The van der Waals surface area contributed by atoms with E-state index in [2.05, 4.69) is 25.3 Å². The molecule has 160 valence electrons. The van der Waals surface area contributed by atoms with Gasteiger partial charge in [0.1, 0.15) is 5.75 Å². The predicted molar refractivity (Wildman–Crippen MR) is 117 cm³/mol. The third kappa shape index (κ3) is 8.62. The summed E-state index contributed by atoms with van der Waals surface area (Å²) >= 11 is 5.93. The number of benzene rings is 1. The lowest BCUT2D eigenvalue weighted by Crippen LogP contribution is -2.45. The van der Waals surface area contributed by atoms with Gasteiger partial charge in [0.25, 0.3) is 0 Å². The molecule has 0 radical (unpaired) electrons. The fraction of sp³-hybridized carbons (Fsp3) is 0.562. The Hall–Kier alpha value is -0.920. The van der Waals surface area contributed by atoms with Crippen molar-refractivity contribution in [2.75, 3.05) is 44.7 Å². The van der Waals surface area contributed by atoms with Crippen LogP contribution in [0.5, 0.6) is 5.75 Å². The Morgan fingerprint density at radius 2 is 2.00 bits per heavy atom. The quantitative estimate of drug-likeness (QED) is 0.306. The highest BCUT2D eigenvalue weighted by atomic mass is 127. The molecule has 0 bridgehead atoms. The van der Waals surface area contributed by atoms with Crippen LogP contribution in [0.1, 0.15) is 5.56 Å². The number of aliphatic imine (C=N–C) groups is 1. The van der Waals surface area contributed by atoms with Crippen molar-refractivity contribution in [3.05, 3.63) is 28.8 Å². The van der Waals surface area contributed by atoms with Crippen LogP contribution in [0.4, 0.5) is 8.78 Å². The van der Waals surface area contributed by atoms with Crippen LogP contribution in [0.15, 0.2) is 23.2 Å². The first-order valence-electron chi connectivity index (χ1n) is 8.39. The fourth-order valence-electron chi connectivity index (χ4n) is 2.60. The molecular formula is C16H24ClF2IN4O3S. The van der Waals surface area contributed by atoms with Gasteiger partial charge in [0, 0.05) is 50.4 Å². The van der Waals surface area contributed by atoms with Crippen LogP contribution in [0.25, 0.3) is 0 Å². The first-order chi connectivity index (χ1) is 12.8. The second-order valence-electron chi connectivity index (χ2n) is 5.98. The van der Waals surface area contributed by atoms with E-state index < -0.39 is 16.4 Å².